The van der Waals surface area contributed by atoms with Crippen molar-refractivity contribution in [2.75, 3.05) is 38.2 Å². The van der Waals surface area contributed by atoms with E-state index in [0.717, 1.165) is 11.3 Å². The maximum atomic E-state index is 14.0. The van der Waals surface area contributed by atoms with Gasteiger partial charge in [-0.1, -0.05) is 6.07 Å². The Morgan fingerprint density at radius 3 is 2.71 bits per heavy atom. The van der Waals surface area contributed by atoms with Crippen LogP contribution in [0.1, 0.15) is 16.6 Å². The number of nitrogens with zero attached hydrogens (tertiary/aromatic N) is 1. The van der Waals surface area contributed by atoms with E-state index in [2.05, 4.69) is 5.32 Å². The molecule has 1 fully saturated rings. The zero-order valence-corrected chi connectivity index (χ0v) is 18.4. The van der Waals surface area contributed by atoms with E-state index in [4.69, 9.17) is 9.47 Å². The van der Waals surface area contributed by atoms with Crippen molar-refractivity contribution >= 4 is 43.0 Å². The van der Waals surface area contributed by atoms with Gasteiger partial charge in [0.15, 0.2) is 0 Å². The molecule has 4 rings (SSSR count). The van der Waals surface area contributed by atoms with E-state index < -0.39 is 21.7 Å². The molecule has 1 amide bonds. The molecule has 1 aliphatic rings. The minimum absolute atomic E-state index is 0.0514. The van der Waals surface area contributed by atoms with Crippen LogP contribution in [0.3, 0.4) is 0 Å². The highest BCUT2D eigenvalue weighted by molar-refractivity contribution is 7.89. The van der Waals surface area contributed by atoms with E-state index >= 15 is 0 Å². The number of thiophene rings is 1. The van der Waals surface area contributed by atoms with Crippen molar-refractivity contribution in [1.29, 1.82) is 0 Å². The number of amides is 1. The molecule has 164 valence electrons. The first-order valence-corrected chi connectivity index (χ1v) is 12.0. The van der Waals surface area contributed by atoms with Crippen LogP contribution in [0.25, 0.3) is 10.1 Å². The first kappa shape index (κ1) is 21.7. The molecule has 0 unspecified atom stereocenters. The zero-order valence-electron chi connectivity index (χ0n) is 16.8. The quantitative estimate of drug-likeness (QED) is 0.601. The first-order valence-electron chi connectivity index (χ1n) is 9.74. The summed E-state index contributed by atoms with van der Waals surface area (Å²) < 4.78 is 52.8. The summed E-state index contributed by atoms with van der Waals surface area (Å²) in [7, 11) is -3.74. The van der Waals surface area contributed by atoms with Crippen LogP contribution < -0.4 is 10.1 Å². The Morgan fingerprint density at radius 1 is 1.23 bits per heavy atom. The van der Waals surface area contributed by atoms with E-state index in [1.165, 1.54) is 34.6 Å². The Hall–Kier alpha value is -2.53. The predicted octanol–water partition coefficient (Wildman–Crippen LogP) is 3.71. The number of fused-ring (bicyclic) bond motifs is 1. The number of nitrogens with one attached hydrogen (secondary N) is 1. The molecule has 0 aliphatic carbocycles. The lowest BCUT2D eigenvalue weighted by molar-refractivity contribution is 0.0730. The molecule has 1 aliphatic heterocycles. The highest BCUT2D eigenvalue weighted by Crippen LogP contribution is 2.32. The van der Waals surface area contributed by atoms with Crippen LogP contribution in [0.15, 0.2) is 47.4 Å². The second-order valence-corrected chi connectivity index (χ2v) is 9.85. The van der Waals surface area contributed by atoms with Gasteiger partial charge >= 0.3 is 0 Å². The zero-order chi connectivity index (χ0) is 22.0. The highest BCUT2D eigenvalue weighted by atomic mass is 32.2. The topological polar surface area (TPSA) is 84.9 Å². The third kappa shape index (κ3) is 4.42. The maximum absolute atomic E-state index is 14.0. The number of carbonyl (C=O) groups is 1. The highest BCUT2D eigenvalue weighted by Gasteiger charge is 2.27. The molecule has 0 saturated carbocycles. The summed E-state index contributed by atoms with van der Waals surface area (Å²) in [5.74, 6) is -0.520. The maximum Gasteiger partial charge on any atom is 0.265 e. The van der Waals surface area contributed by atoms with Gasteiger partial charge in [-0.2, -0.15) is 4.31 Å². The summed E-state index contributed by atoms with van der Waals surface area (Å²) in [6, 6.07) is 10.5. The largest absolute Gasteiger partial charge is 0.492 e. The van der Waals surface area contributed by atoms with Gasteiger partial charge in [-0.25, -0.2) is 12.8 Å². The van der Waals surface area contributed by atoms with Gasteiger partial charge in [0.1, 0.15) is 11.6 Å². The number of hydrogen-bond donors (Lipinski definition) is 1. The van der Waals surface area contributed by atoms with E-state index in [1.54, 1.807) is 19.1 Å². The Bertz CT molecular complexity index is 1220. The molecule has 0 radical (unpaired) electrons. The van der Waals surface area contributed by atoms with Crippen LogP contribution in [-0.4, -0.2) is 51.5 Å². The second-order valence-electron chi connectivity index (χ2n) is 6.82. The molecule has 10 heteroatoms. The van der Waals surface area contributed by atoms with Crippen molar-refractivity contribution in [3.8, 4) is 5.75 Å². The smallest absolute Gasteiger partial charge is 0.265 e. The second kappa shape index (κ2) is 8.91. The molecule has 2 aromatic carbocycles. The van der Waals surface area contributed by atoms with Crippen LogP contribution in [0.2, 0.25) is 0 Å². The number of sulfonamides is 1. The number of benzene rings is 2. The molecule has 0 spiro atoms. The molecule has 1 aromatic heterocycles. The standard InChI is InChI=1S/C21H21FN2O5S2/c1-2-29-18-7-6-14(31(26,27)24-8-10-28-11-9-24)12-17(18)23-21(25)20-13-15-16(22)4-3-5-19(15)30-20/h3-7,12-13H,2,8-11H2,1H3,(H,23,25). The molecular formula is C21H21FN2O5S2. The average Bonchev–Trinajstić information content (AvgIpc) is 3.22. The molecule has 0 atom stereocenters. The average molecular weight is 465 g/mol. The number of rotatable bonds is 6. The molecule has 3 aromatic rings. The number of hydrogen-bond acceptors (Lipinski definition) is 6. The number of carbonyl (C=O) groups excluding carboxylic acids is 1. The summed E-state index contributed by atoms with van der Waals surface area (Å²) in [4.78, 5) is 13.2. The van der Waals surface area contributed by atoms with Crippen molar-refractivity contribution in [3.05, 3.63) is 53.2 Å². The first-order chi connectivity index (χ1) is 14.9. The van der Waals surface area contributed by atoms with Gasteiger partial charge < -0.3 is 14.8 Å². The van der Waals surface area contributed by atoms with Gasteiger partial charge in [0.05, 0.1) is 35.3 Å². The molecule has 2 heterocycles. The summed E-state index contributed by atoms with van der Waals surface area (Å²) >= 11 is 1.16. The molecule has 31 heavy (non-hydrogen) atoms. The van der Waals surface area contributed by atoms with Gasteiger partial charge in [-0.15, -0.1) is 11.3 Å². The minimum Gasteiger partial charge on any atom is -0.492 e. The Morgan fingerprint density at radius 2 is 2.00 bits per heavy atom. The lowest BCUT2D eigenvalue weighted by Crippen LogP contribution is -2.40. The van der Waals surface area contributed by atoms with Crippen molar-refractivity contribution in [1.82, 2.24) is 4.31 Å². The predicted molar refractivity (Wildman–Crippen MR) is 117 cm³/mol. The normalized spacial score (nSPS) is 15.2. The van der Waals surface area contributed by atoms with Crippen LogP contribution in [0, 0.1) is 5.82 Å². The van der Waals surface area contributed by atoms with Crippen LogP contribution in [0.4, 0.5) is 10.1 Å². The Balaban J connectivity index is 1.66. The van der Waals surface area contributed by atoms with Gasteiger partial charge in [0.2, 0.25) is 10.0 Å². The molecule has 7 nitrogen and oxygen atoms in total. The lowest BCUT2D eigenvalue weighted by Gasteiger charge is -2.26. The summed E-state index contributed by atoms with van der Waals surface area (Å²) in [5.41, 5.74) is 0.235. The minimum atomic E-state index is -3.74. The fourth-order valence-corrected chi connectivity index (χ4v) is 5.71. The third-order valence-electron chi connectivity index (χ3n) is 4.84. The fourth-order valence-electron chi connectivity index (χ4n) is 3.31. The number of halogens is 1. The van der Waals surface area contributed by atoms with Crippen molar-refractivity contribution < 1.29 is 27.1 Å². The van der Waals surface area contributed by atoms with E-state index in [9.17, 15) is 17.6 Å². The molecule has 1 saturated heterocycles. The lowest BCUT2D eigenvalue weighted by atomic mass is 10.2. The van der Waals surface area contributed by atoms with Crippen molar-refractivity contribution in [2.24, 2.45) is 0 Å². The van der Waals surface area contributed by atoms with Gasteiger partial charge in [-0.05, 0) is 43.3 Å². The Labute approximate surface area is 183 Å². The monoisotopic (exact) mass is 464 g/mol. The van der Waals surface area contributed by atoms with E-state index in [1.807, 2.05) is 0 Å². The van der Waals surface area contributed by atoms with Gasteiger partial charge in [0.25, 0.3) is 5.91 Å². The molecular weight excluding hydrogens is 443 g/mol. The van der Waals surface area contributed by atoms with Crippen LogP contribution >= 0.6 is 11.3 Å². The number of anilines is 1. The van der Waals surface area contributed by atoms with Crippen LogP contribution in [-0.2, 0) is 14.8 Å². The SMILES string of the molecule is CCOc1ccc(S(=O)(=O)N2CCOCC2)cc1NC(=O)c1cc2c(F)cccc2s1. The fraction of sp³-hybridized carbons (Fsp3) is 0.286. The van der Waals surface area contributed by atoms with Gasteiger partial charge in [0, 0.05) is 23.2 Å². The van der Waals surface area contributed by atoms with Gasteiger partial charge in [-0.3, -0.25) is 4.79 Å². The van der Waals surface area contributed by atoms with Crippen LogP contribution in [0.5, 0.6) is 5.75 Å². The summed E-state index contributed by atoms with van der Waals surface area (Å²) in [6.45, 7) is 3.34. The van der Waals surface area contributed by atoms with E-state index in [-0.39, 0.29) is 23.7 Å². The summed E-state index contributed by atoms with van der Waals surface area (Å²) in [5, 5.41) is 3.09. The molecule has 1 N–H and O–H groups in total. The summed E-state index contributed by atoms with van der Waals surface area (Å²) in [6.07, 6.45) is 0. The van der Waals surface area contributed by atoms with E-state index in [0.29, 0.717) is 40.5 Å². The Kier molecular flexibility index (Phi) is 6.24. The van der Waals surface area contributed by atoms with Crippen molar-refractivity contribution in [2.45, 2.75) is 11.8 Å². The molecule has 0 bridgehead atoms. The third-order valence-corrected chi connectivity index (χ3v) is 7.83. The number of ether oxygens (including phenoxy) is 2. The van der Waals surface area contributed by atoms with Crippen molar-refractivity contribution in [3.63, 3.8) is 0 Å². The number of morpholine rings is 1.